The number of hydrogen-bond acceptors (Lipinski definition) is 2. The maximum absolute atomic E-state index is 5.35. The summed E-state index contributed by atoms with van der Waals surface area (Å²) in [6, 6.07) is 38.0. The van der Waals surface area contributed by atoms with Crippen LogP contribution in [0.2, 0.25) is 0 Å². The van der Waals surface area contributed by atoms with Gasteiger partial charge in [0.05, 0.1) is 22.8 Å². The summed E-state index contributed by atoms with van der Waals surface area (Å²) in [5.41, 5.74) is 18.1. The molecule has 0 fully saturated rings. The molecule has 0 radical (unpaired) electrons. The zero-order valence-corrected chi connectivity index (χ0v) is 32.0. The maximum Gasteiger partial charge on any atom is 2.00 e. The van der Waals surface area contributed by atoms with Gasteiger partial charge >= 0.3 is 19.5 Å². The summed E-state index contributed by atoms with van der Waals surface area (Å²) in [7, 11) is 0. The van der Waals surface area contributed by atoms with Gasteiger partial charge in [0.15, 0.2) is 0 Å². The number of nitrogens with zero attached hydrogens (tertiary/aromatic N) is 4. The number of aromatic amines is 1. The summed E-state index contributed by atoms with van der Waals surface area (Å²) >= 11 is 0. The summed E-state index contributed by atoms with van der Waals surface area (Å²) < 4.78 is 0. The molecule has 3 aromatic carbocycles. The van der Waals surface area contributed by atoms with Crippen molar-refractivity contribution >= 4 is 52.4 Å². The van der Waals surface area contributed by atoms with Gasteiger partial charge in [-0.25, -0.2) is 9.97 Å². The first-order valence-corrected chi connectivity index (χ1v) is 17.1. The van der Waals surface area contributed by atoms with Crippen molar-refractivity contribution < 1.29 is 19.5 Å². The summed E-state index contributed by atoms with van der Waals surface area (Å²) in [6.07, 6.45) is 12.2. The number of hydrogen-bond donors (Lipinski definition) is 1. The molecule has 5 nitrogen and oxygen atoms in total. The van der Waals surface area contributed by atoms with Gasteiger partial charge in [0.2, 0.25) is 0 Å². The van der Waals surface area contributed by atoms with E-state index in [-0.39, 0.29) is 19.5 Å². The first-order chi connectivity index (χ1) is 25.0. The number of nitrogens with one attached hydrogen (secondary N) is 1. The van der Waals surface area contributed by atoms with Crippen LogP contribution in [0.1, 0.15) is 39.5 Å². The molecule has 6 heteroatoms. The second-order valence-electron chi connectivity index (χ2n) is 13.0. The van der Waals surface area contributed by atoms with Gasteiger partial charge in [0, 0.05) is 17.5 Å². The van der Waals surface area contributed by atoms with E-state index in [9.17, 15) is 0 Å². The van der Waals surface area contributed by atoms with Crippen LogP contribution in [0.25, 0.3) is 97.1 Å². The molecule has 9 rings (SSSR count). The number of rotatable bonds is 5. The second-order valence-corrected chi connectivity index (χ2v) is 13.0. The van der Waals surface area contributed by atoms with Gasteiger partial charge in [-0.1, -0.05) is 121 Å². The summed E-state index contributed by atoms with van der Waals surface area (Å²) in [4.78, 5) is 24.7. The average Bonchev–Trinajstić information content (AvgIpc) is 4.01. The zero-order chi connectivity index (χ0) is 34.5. The van der Waals surface area contributed by atoms with Crippen molar-refractivity contribution in [3.05, 3.63) is 161 Å². The molecule has 4 aromatic heterocycles. The van der Waals surface area contributed by atoms with Crippen molar-refractivity contribution in [1.29, 1.82) is 0 Å². The minimum Gasteiger partial charge on any atom is -0.657 e. The van der Waals surface area contributed by atoms with Crippen LogP contribution in [0.4, 0.5) is 0 Å². The van der Waals surface area contributed by atoms with E-state index in [1.807, 2.05) is 18.3 Å². The number of H-pyrrole nitrogens is 1. The molecular weight excluding hydrogens is 688 g/mol. The number of benzene rings is 3. The Bertz CT molecular complexity index is 2650. The third-order valence-electron chi connectivity index (χ3n) is 9.59. The summed E-state index contributed by atoms with van der Waals surface area (Å²) in [6.45, 7) is 8.17. The molecular formula is C46H33N5Zn. The maximum atomic E-state index is 5.35. The number of fused-ring (bicyclic) bond motifs is 8. The van der Waals surface area contributed by atoms with Crippen molar-refractivity contribution in [2.45, 2.75) is 13.8 Å². The first-order valence-electron chi connectivity index (χ1n) is 17.1. The van der Waals surface area contributed by atoms with Crippen molar-refractivity contribution in [3.8, 4) is 44.6 Å². The quantitative estimate of drug-likeness (QED) is 0.180. The molecule has 1 N–H and O–H groups in total. The largest absolute Gasteiger partial charge is 2.00 e. The van der Waals surface area contributed by atoms with Gasteiger partial charge in [-0.15, -0.1) is 22.1 Å². The molecule has 0 atom stereocenters. The van der Waals surface area contributed by atoms with Crippen LogP contribution in [0.3, 0.4) is 0 Å². The van der Waals surface area contributed by atoms with Gasteiger partial charge in [-0.3, -0.25) is 0 Å². The fourth-order valence-corrected chi connectivity index (χ4v) is 6.96. The van der Waals surface area contributed by atoms with Crippen molar-refractivity contribution in [2.75, 3.05) is 0 Å². The molecule has 6 heterocycles. The Morgan fingerprint density at radius 2 is 0.885 bits per heavy atom. The van der Waals surface area contributed by atoms with Crippen LogP contribution in [0.15, 0.2) is 122 Å². The van der Waals surface area contributed by atoms with Crippen molar-refractivity contribution in [3.63, 3.8) is 0 Å². The Labute approximate surface area is 315 Å². The fraction of sp³-hybridized carbons (Fsp3) is 0.0435. The van der Waals surface area contributed by atoms with Crippen LogP contribution in [0, 0.1) is 13.8 Å². The predicted molar refractivity (Wildman–Crippen MR) is 212 cm³/mol. The molecule has 244 valence electrons. The van der Waals surface area contributed by atoms with Gasteiger partial charge in [0.25, 0.3) is 0 Å². The van der Waals surface area contributed by atoms with E-state index in [1.165, 1.54) is 11.1 Å². The van der Waals surface area contributed by atoms with E-state index in [2.05, 4.69) is 153 Å². The number of aromatic nitrogens is 5. The summed E-state index contributed by atoms with van der Waals surface area (Å²) in [5.74, 6) is 0. The topological polar surface area (TPSA) is 69.8 Å². The standard InChI is InChI=1S/C46H33N5.Zn/c1-4-30-11-17-33(18-12-30)45-37-21-19-35(48-37)43(31-13-7-28(2)8-14-31)39-23-25-41(50-39)46(34-6-5-27-47-34)42-26-24-40(51-42)44(36-20-22-38(45)49-36)32-15-9-29(3)10-16-32;/h4-27,47H,1H2,2-3H3;/q-2;+2. The zero-order valence-electron chi connectivity index (χ0n) is 29.1. The van der Waals surface area contributed by atoms with E-state index in [4.69, 9.17) is 19.9 Å². The Morgan fingerprint density at radius 1 is 0.500 bits per heavy atom. The Morgan fingerprint density at radius 3 is 1.27 bits per heavy atom. The predicted octanol–water partition coefficient (Wildman–Crippen LogP) is 11.2. The normalized spacial score (nSPS) is 11.8. The van der Waals surface area contributed by atoms with E-state index < -0.39 is 0 Å². The SMILES string of the molecule is C=Cc1ccc(-c2c3nc(c(-c4ccc(C)cc4)c4ccc([n-]4)c(-c4ccc[nH]4)c4nc(c(-c5ccc(C)cc5)c5ccc2[n-]5)C=C4)C=C3)cc1.[Zn+2]. The minimum atomic E-state index is 0. The monoisotopic (exact) mass is 719 g/mol. The number of aryl methyl sites for hydroxylation is 2. The first kappa shape index (κ1) is 33.1. The van der Waals surface area contributed by atoms with Crippen LogP contribution in [-0.4, -0.2) is 15.0 Å². The second kappa shape index (κ2) is 13.6. The molecule has 8 bridgehead atoms. The van der Waals surface area contributed by atoms with E-state index in [1.54, 1.807) is 0 Å². The third-order valence-corrected chi connectivity index (χ3v) is 9.59. The van der Waals surface area contributed by atoms with Crippen molar-refractivity contribution in [2.24, 2.45) is 0 Å². The third kappa shape index (κ3) is 5.91. The molecule has 7 aromatic rings. The molecule has 52 heavy (non-hydrogen) atoms. The fourth-order valence-electron chi connectivity index (χ4n) is 6.96. The smallest absolute Gasteiger partial charge is 0.657 e. The van der Waals surface area contributed by atoms with Gasteiger partial charge in [-0.2, -0.15) is 0 Å². The van der Waals surface area contributed by atoms with Crippen molar-refractivity contribution in [1.82, 2.24) is 24.9 Å². The van der Waals surface area contributed by atoms with Crippen LogP contribution < -0.4 is 9.97 Å². The Hall–Kier alpha value is -6.10. The minimum absolute atomic E-state index is 0. The molecule has 0 amide bonds. The van der Waals surface area contributed by atoms with Crippen LogP contribution >= 0.6 is 0 Å². The molecule has 0 saturated carbocycles. The van der Waals surface area contributed by atoms with Gasteiger partial charge in [-0.05, 0) is 89.2 Å². The van der Waals surface area contributed by atoms with Gasteiger partial charge in [0.1, 0.15) is 0 Å². The molecule has 0 saturated heterocycles. The summed E-state index contributed by atoms with van der Waals surface area (Å²) in [5, 5.41) is 0. The van der Waals surface area contributed by atoms with Crippen LogP contribution in [-0.2, 0) is 19.5 Å². The molecule has 0 spiro atoms. The molecule has 2 aliphatic rings. The molecule has 0 unspecified atom stereocenters. The van der Waals surface area contributed by atoms with E-state index in [0.717, 1.165) is 95.0 Å². The average molecular weight is 721 g/mol. The Kier molecular flexibility index (Phi) is 8.62. The van der Waals surface area contributed by atoms with E-state index >= 15 is 0 Å². The van der Waals surface area contributed by atoms with Gasteiger partial charge < -0.3 is 15.0 Å². The van der Waals surface area contributed by atoms with E-state index in [0.29, 0.717) is 0 Å². The molecule has 0 aliphatic carbocycles. The van der Waals surface area contributed by atoms with Crippen LogP contribution in [0.5, 0.6) is 0 Å². The molecule has 2 aliphatic heterocycles. The Balaban J connectivity index is 0.00000387.